The molecule has 1 aromatic carbocycles. The summed E-state index contributed by atoms with van der Waals surface area (Å²) in [7, 11) is 0. The second-order valence-electron chi connectivity index (χ2n) is 4.39. The Balaban J connectivity index is 1.98. The van der Waals surface area contributed by atoms with Crippen LogP contribution in [0, 0.1) is 11.8 Å². The molecule has 0 spiro atoms. The summed E-state index contributed by atoms with van der Waals surface area (Å²) < 4.78 is 0. The lowest BCUT2D eigenvalue weighted by molar-refractivity contribution is 0.152. The molecule has 0 heterocycles. The highest BCUT2D eigenvalue weighted by Crippen LogP contribution is 2.47. The van der Waals surface area contributed by atoms with Crippen LogP contribution >= 0.6 is 0 Å². The van der Waals surface area contributed by atoms with E-state index >= 15 is 0 Å². The van der Waals surface area contributed by atoms with Gasteiger partial charge >= 0.3 is 0 Å². The second kappa shape index (κ2) is 2.96. The van der Waals surface area contributed by atoms with Crippen molar-refractivity contribution < 1.29 is 5.11 Å². The highest BCUT2D eigenvalue weighted by molar-refractivity contribution is 5.71. The number of rotatable bonds is 1. The van der Waals surface area contributed by atoms with Crippen molar-refractivity contribution in [3.05, 3.63) is 42.0 Å². The molecule has 1 N–H and O–H groups in total. The summed E-state index contributed by atoms with van der Waals surface area (Å²) in [4.78, 5) is 0. The van der Waals surface area contributed by atoms with E-state index in [4.69, 9.17) is 0 Å². The molecule has 2 aliphatic carbocycles. The zero-order valence-corrected chi connectivity index (χ0v) is 8.06. The van der Waals surface area contributed by atoms with Crippen molar-refractivity contribution in [2.24, 2.45) is 11.8 Å². The number of hydrogen-bond acceptors (Lipinski definition) is 1. The van der Waals surface area contributed by atoms with Crippen LogP contribution in [0.15, 0.2) is 36.4 Å². The highest BCUT2D eigenvalue weighted by Gasteiger charge is 2.39. The van der Waals surface area contributed by atoms with Gasteiger partial charge in [-0.2, -0.15) is 0 Å². The summed E-state index contributed by atoms with van der Waals surface area (Å²) >= 11 is 0. The van der Waals surface area contributed by atoms with Crippen molar-refractivity contribution in [2.45, 2.75) is 18.9 Å². The Morgan fingerprint density at radius 2 is 1.86 bits per heavy atom. The molecule has 1 nitrogen and oxygen atoms in total. The van der Waals surface area contributed by atoms with Gasteiger partial charge in [0.15, 0.2) is 0 Å². The maximum atomic E-state index is 9.81. The van der Waals surface area contributed by atoms with Crippen molar-refractivity contribution >= 4 is 5.57 Å². The Morgan fingerprint density at radius 1 is 1.07 bits per heavy atom. The van der Waals surface area contributed by atoms with Crippen LogP contribution in [0.3, 0.4) is 0 Å². The van der Waals surface area contributed by atoms with Gasteiger partial charge in [0.05, 0.1) is 6.10 Å². The fourth-order valence-electron chi connectivity index (χ4n) is 2.84. The first-order valence-corrected chi connectivity index (χ1v) is 5.30. The van der Waals surface area contributed by atoms with Gasteiger partial charge in [-0.25, -0.2) is 0 Å². The number of allylic oxidation sites excluding steroid dienone is 1. The Morgan fingerprint density at radius 3 is 2.50 bits per heavy atom. The SMILES string of the molecule is O[C@H]1C[C@@H]2C=C(c3ccccc3)[C@H]1C2. The first kappa shape index (κ1) is 8.25. The van der Waals surface area contributed by atoms with E-state index in [0.717, 1.165) is 12.8 Å². The number of hydrogen-bond donors (Lipinski definition) is 1. The van der Waals surface area contributed by atoms with Crippen LogP contribution in [0.2, 0.25) is 0 Å². The normalized spacial score (nSPS) is 34.6. The third kappa shape index (κ3) is 1.12. The fraction of sp³-hybridized carbons (Fsp3) is 0.385. The summed E-state index contributed by atoms with van der Waals surface area (Å²) in [6.45, 7) is 0. The molecule has 0 amide bonds. The lowest BCUT2D eigenvalue weighted by Gasteiger charge is -2.19. The van der Waals surface area contributed by atoms with Gasteiger partial charge in [0.25, 0.3) is 0 Å². The topological polar surface area (TPSA) is 20.2 Å². The molecule has 0 unspecified atom stereocenters. The van der Waals surface area contributed by atoms with Crippen molar-refractivity contribution in [1.82, 2.24) is 0 Å². The molecule has 3 atom stereocenters. The Hall–Kier alpha value is -1.08. The Kier molecular flexibility index (Phi) is 1.74. The van der Waals surface area contributed by atoms with Gasteiger partial charge in [0.2, 0.25) is 0 Å². The third-order valence-corrected chi connectivity index (χ3v) is 3.49. The minimum absolute atomic E-state index is 0.0970. The highest BCUT2D eigenvalue weighted by atomic mass is 16.3. The van der Waals surface area contributed by atoms with Crippen molar-refractivity contribution in [3.8, 4) is 0 Å². The van der Waals surface area contributed by atoms with Crippen LogP contribution in [0.5, 0.6) is 0 Å². The first-order chi connectivity index (χ1) is 6.84. The molecule has 1 heteroatoms. The summed E-state index contributed by atoms with van der Waals surface area (Å²) in [6.07, 6.45) is 4.39. The van der Waals surface area contributed by atoms with E-state index in [2.05, 4.69) is 30.3 Å². The minimum Gasteiger partial charge on any atom is -0.392 e. The molecule has 2 aliphatic rings. The first-order valence-electron chi connectivity index (χ1n) is 5.30. The molecular formula is C13H14O. The fourth-order valence-corrected chi connectivity index (χ4v) is 2.84. The second-order valence-corrected chi connectivity index (χ2v) is 4.39. The predicted molar refractivity (Wildman–Crippen MR) is 56.6 cm³/mol. The lowest BCUT2D eigenvalue weighted by Crippen LogP contribution is -2.15. The Labute approximate surface area is 84.1 Å². The molecule has 3 rings (SSSR count). The van der Waals surface area contributed by atoms with E-state index in [1.165, 1.54) is 11.1 Å². The van der Waals surface area contributed by atoms with E-state index in [9.17, 15) is 5.11 Å². The summed E-state index contributed by atoms with van der Waals surface area (Å²) in [5.74, 6) is 1.03. The lowest BCUT2D eigenvalue weighted by atomic mass is 9.90. The summed E-state index contributed by atoms with van der Waals surface area (Å²) in [5.41, 5.74) is 2.66. The van der Waals surface area contributed by atoms with E-state index in [1.807, 2.05) is 6.07 Å². The van der Waals surface area contributed by atoms with E-state index in [1.54, 1.807) is 0 Å². The van der Waals surface area contributed by atoms with Crippen LogP contribution in [0.1, 0.15) is 18.4 Å². The smallest absolute Gasteiger partial charge is 0.0614 e. The molecule has 1 fully saturated rings. The van der Waals surface area contributed by atoms with Crippen LogP contribution in [0.4, 0.5) is 0 Å². The molecule has 0 radical (unpaired) electrons. The van der Waals surface area contributed by atoms with Crippen molar-refractivity contribution in [3.63, 3.8) is 0 Å². The number of fused-ring (bicyclic) bond motifs is 2. The molecule has 72 valence electrons. The molecule has 0 saturated heterocycles. The average molecular weight is 186 g/mol. The molecule has 1 aromatic rings. The summed E-state index contributed by atoms with van der Waals surface area (Å²) in [6, 6.07) is 10.4. The van der Waals surface area contributed by atoms with Crippen LogP contribution in [0.25, 0.3) is 5.57 Å². The van der Waals surface area contributed by atoms with Gasteiger partial charge in [-0.15, -0.1) is 0 Å². The van der Waals surface area contributed by atoms with E-state index in [-0.39, 0.29) is 6.10 Å². The summed E-state index contributed by atoms with van der Waals surface area (Å²) in [5, 5.41) is 9.81. The van der Waals surface area contributed by atoms with Crippen LogP contribution < -0.4 is 0 Å². The number of benzene rings is 1. The standard InChI is InChI=1S/C13H14O/c14-13-8-9-6-11(12(13)7-9)10-4-2-1-3-5-10/h1-6,9,12-14H,7-8H2/t9-,12-,13+/m1/s1. The van der Waals surface area contributed by atoms with E-state index < -0.39 is 0 Å². The number of aliphatic hydroxyl groups is 1. The monoisotopic (exact) mass is 186 g/mol. The predicted octanol–water partition coefficient (Wildman–Crippen LogP) is 2.47. The third-order valence-electron chi connectivity index (χ3n) is 3.49. The van der Waals surface area contributed by atoms with Gasteiger partial charge in [-0.3, -0.25) is 0 Å². The van der Waals surface area contributed by atoms with E-state index in [0.29, 0.717) is 11.8 Å². The van der Waals surface area contributed by atoms with Gasteiger partial charge < -0.3 is 5.11 Å². The maximum Gasteiger partial charge on any atom is 0.0614 e. The molecule has 0 aliphatic heterocycles. The van der Waals surface area contributed by atoms with Crippen molar-refractivity contribution in [1.29, 1.82) is 0 Å². The zero-order chi connectivity index (χ0) is 9.54. The molecule has 14 heavy (non-hydrogen) atoms. The zero-order valence-electron chi connectivity index (χ0n) is 8.06. The van der Waals surface area contributed by atoms with Crippen LogP contribution in [-0.2, 0) is 0 Å². The molecular weight excluding hydrogens is 172 g/mol. The maximum absolute atomic E-state index is 9.81. The van der Waals surface area contributed by atoms with Gasteiger partial charge in [-0.1, -0.05) is 36.4 Å². The molecule has 2 bridgehead atoms. The quantitative estimate of drug-likeness (QED) is 0.714. The molecule has 0 aromatic heterocycles. The van der Waals surface area contributed by atoms with Crippen LogP contribution in [-0.4, -0.2) is 11.2 Å². The average Bonchev–Trinajstić information content (AvgIpc) is 2.77. The van der Waals surface area contributed by atoms with Crippen molar-refractivity contribution in [2.75, 3.05) is 0 Å². The van der Waals surface area contributed by atoms with Gasteiger partial charge in [0, 0.05) is 5.92 Å². The Bertz CT molecular complexity index is 366. The minimum atomic E-state index is -0.0970. The van der Waals surface area contributed by atoms with Gasteiger partial charge in [0.1, 0.15) is 0 Å². The van der Waals surface area contributed by atoms with Gasteiger partial charge in [-0.05, 0) is 29.9 Å². The number of aliphatic hydroxyl groups excluding tert-OH is 1. The molecule has 1 saturated carbocycles. The largest absolute Gasteiger partial charge is 0.392 e.